The summed E-state index contributed by atoms with van der Waals surface area (Å²) in [5, 5.41) is 5.73. The molecule has 1 aromatic carbocycles. The molecule has 0 bridgehead atoms. The van der Waals surface area contributed by atoms with Crippen LogP contribution < -0.4 is 16.4 Å². The third-order valence-corrected chi connectivity index (χ3v) is 4.28. The van der Waals surface area contributed by atoms with Crippen LogP contribution in [0.4, 0.5) is 16.3 Å². The van der Waals surface area contributed by atoms with E-state index >= 15 is 0 Å². The number of nitrogens with one attached hydrogen (secondary N) is 2. The standard InChI is InChI=1S/C16H19N5O2S/c17-14-8-13(9-24-23)18-15(21-14)10-4-6-12(7-5-10)20-16(22)19-11-2-1-3-11/h4-8,11,23H,1-3,9H2,(H2,17,18,21)(H2,19,20,22). The molecular weight excluding hydrogens is 326 g/mol. The second kappa shape index (κ2) is 7.50. The fourth-order valence-corrected chi connectivity index (χ4v) is 2.68. The van der Waals surface area contributed by atoms with Crippen molar-refractivity contribution in [1.29, 1.82) is 0 Å². The Hall–Kier alpha value is -2.32. The van der Waals surface area contributed by atoms with Crippen molar-refractivity contribution in [3.8, 4) is 11.4 Å². The Morgan fingerprint density at radius 2 is 2.04 bits per heavy atom. The summed E-state index contributed by atoms with van der Waals surface area (Å²) in [5.74, 6) is 1.19. The van der Waals surface area contributed by atoms with Crippen molar-refractivity contribution >= 4 is 29.6 Å². The number of nitrogen functional groups attached to an aromatic ring is 1. The van der Waals surface area contributed by atoms with Gasteiger partial charge in [-0.05, 0) is 55.6 Å². The predicted molar refractivity (Wildman–Crippen MR) is 95.6 cm³/mol. The SMILES string of the molecule is Nc1cc(CSO)nc(-c2ccc(NC(=O)NC3CCC3)cc2)n1. The molecule has 0 aliphatic heterocycles. The molecule has 0 spiro atoms. The van der Waals surface area contributed by atoms with Crippen LogP contribution in [0.3, 0.4) is 0 Å². The number of nitrogens with zero attached hydrogens (tertiary/aromatic N) is 2. The number of aromatic nitrogens is 2. The van der Waals surface area contributed by atoms with Crippen molar-refractivity contribution in [3.63, 3.8) is 0 Å². The average molecular weight is 345 g/mol. The number of carbonyl (C=O) groups excluding carboxylic acids is 1. The molecule has 1 fully saturated rings. The molecule has 1 aliphatic carbocycles. The van der Waals surface area contributed by atoms with E-state index in [-0.39, 0.29) is 6.03 Å². The molecule has 126 valence electrons. The first-order valence-corrected chi connectivity index (χ1v) is 8.66. The maximum atomic E-state index is 11.8. The first-order chi connectivity index (χ1) is 11.6. The lowest BCUT2D eigenvalue weighted by molar-refractivity contribution is 0.240. The summed E-state index contributed by atoms with van der Waals surface area (Å²) in [6.45, 7) is 0. The van der Waals surface area contributed by atoms with E-state index in [4.69, 9.17) is 10.3 Å². The number of urea groups is 1. The molecule has 1 aromatic heterocycles. The summed E-state index contributed by atoms with van der Waals surface area (Å²) < 4.78 is 8.95. The Kier molecular flexibility index (Phi) is 5.17. The molecule has 7 nitrogen and oxygen atoms in total. The first kappa shape index (κ1) is 16.5. The molecule has 0 unspecified atom stereocenters. The van der Waals surface area contributed by atoms with Crippen LogP contribution in [-0.4, -0.2) is 26.6 Å². The molecule has 0 saturated heterocycles. The highest BCUT2D eigenvalue weighted by Gasteiger charge is 2.19. The number of carbonyl (C=O) groups is 1. The molecule has 1 aliphatic rings. The number of amides is 2. The Morgan fingerprint density at radius 3 is 2.67 bits per heavy atom. The van der Waals surface area contributed by atoms with Crippen LogP contribution in [0.1, 0.15) is 25.0 Å². The van der Waals surface area contributed by atoms with Crippen molar-refractivity contribution in [3.05, 3.63) is 36.0 Å². The molecule has 1 heterocycles. The Morgan fingerprint density at radius 1 is 1.29 bits per heavy atom. The van der Waals surface area contributed by atoms with Gasteiger partial charge in [-0.15, -0.1) is 0 Å². The molecule has 1 saturated carbocycles. The van der Waals surface area contributed by atoms with Gasteiger partial charge in [0.15, 0.2) is 5.82 Å². The van der Waals surface area contributed by atoms with Gasteiger partial charge in [0, 0.05) is 23.4 Å². The monoisotopic (exact) mass is 345 g/mol. The van der Waals surface area contributed by atoms with Crippen LogP contribution in [0.15, 0.2) is 30.3 Å². The maximum Gasteiger partial charge on any atom is 0.319 e. The summed E-state index contributed by atoms with van der Waals surface area (Å²) in [6.07, 6.45) is 3.28. The minimum Gasteiger partial charge on any atom is -0.384 e. The van der Waals surface area contributed by atoms with E-state index in [1.54, 1.807) is 18.2 Å². The quantitative estimate of drug-likeness (QED) is 0.619. The number of hydrogen-bond donors (Lipinski definition) is 4. The van der Waals surface area contributed by atoms with Crippen LogP contribution in [0.5, 0.6) is 0 Å². The van der Waals surface area contributed by atoms with Crippen molar-refractivity contribution in [1.82, 2.24) is 15.3 Å². The van der Waals surface area contributed by atoms with Gasteiger partial charge in [0.05, 0.1) is 11.4 Å². The lowest BCUT2D eigenvalue weighted by Crippen LogP contribution is -2.41. The molecule has 0 radical (unpaired) electrons. The summed E-state index contributed by atoms with van der Waals surface area (Å²) in [5.41, 5.74) is 7.93. The number of nitrogens with two attached hydrogens (primary N) is 1. The van der Waals surface area contributed by atoms with Crippen LogP contribution in [0.2, 0.25) is 0 Å². The van der Waals surface area contributed by atoms with Crippen LogP contribution in [0, 0.1) is 0 Å². The van der Waals surface area contributed by atoms with Gasteiger partial charge in [-0.3, -0.25) is 0 Å². The maximum absolute atomic E-state index is 11.8. The van der Waals surface area contributed by atoms with Crippen molar-refractivity contribution in [2.24, 2.45) is 0 Å². The number of hydrogen-bond acceptors (Lipinski definition) is 6. The van der Waals surface area contributed by atoms with E-state index in [0.29, 0.717) is 46.9 Å². The van der Waals surface area contributed by atoms with Crippen LogP contribution >= 0.6 is 12.0 Å². The highest BCUT2D eigenvalue weighted by Crippen LogP contribution is 2.21. The minimum absolute atomic E-state index is 0.185. The molecule has 8 heteroatoms. The highest BCUT2D eigenvalue weighted by molar-refractivity contribution is 7.92. The lowest BCUT2D eigenvalue weighted by atomic mass is 9.93. The summed E-state index contributed by atoms with van der Waals surface area (Å²) >= 11 is 0.688. The zero-order chi connectivity index (χ0) is 16.9. The Labute approximate surface area is 144 Å². The average Bonchev–Trinajstić information content (AvgIpc) is 2.51. The van der Waals surface area contributed by atoms with E-state index in [0.717, 1.165) is 18.4 Å². The molecule has 2 amide bonds. The number of rotatable bonds is 5. The van der Waals surface area contributed by atoms with E-state index < -0.39 is 0 Å². The van der Waals surface area contributed by atoms with E-state index in [1.165, 1.54) is 6.42 Å². The second-order valence-corrected chi connectivity index (χ2v) is 6.23. The van der Waals surface area contributed by atoms with Gasteiger partial charge in [0.25, 0.3) is 0 Å². The number of anilines is 2. The van der Waals surface area contributed by atoms with E-state index in [1.807, 2.05) is 12.1 Å². The lowest BCUT2D eigenvalue weighted by Gasteiger charge is -2.26. The minimum atomic E-state index is -0.185. The van der Waals surface area contributed by atoms with E-state index in [9.17, 15) is 4.79 Å². The van der Waals surface area contributed by atoms with Crippen LogP contribution in [-0.2, 0) is 5.75 Å². The van der Waals surface area contributed by atoms with Gasteiger partial charge in [0.1, 0.15) is 5.82 Å². The predicted octanol–water partition coefficient (Wildman–Crippen LogP) is 3.11. The zero-order valence-electron chi connectivity index (χ0n) is 13.0. The van der Waals surface area contributed by atoms with Crippen molar-refractivity contribution in [2.75, 3.05) is 11.1 Å². The van der Waals surface area contributed by atoms with Crippen LogP contribution in [0.25, 0.3) is 11.4 Å². The van der Waals surface area contributed by atoms with Gasteiger partial charge < -0.3 is 20.9 Å². The largest absolute Gasteiger partial charge is 0.384 e. The van der Waals surface area contributed by atoms with Gasteiger partial charge in [0.2, 0.25) is 0 Å². The topological polar surface area (TPSA) is 113 Å². The molecular formula is C16H19N5O2S. The van der Waals surface area contributed by atoms with Gasteiger partial charge in [-0.25, -0.2) is 14.8 Å². The van der Waals surface area contributed by atoms with Gasteiger partial charge >= 0.3 is 6.03 Å². The molecule has 3 rings (SSSR count). The van der Waals surface area contributed by atoms with Crippen molar-refractivity contribution < 1.29 is 9.35 Å². The summed E-state index contributed by atoms with van der Waals surface area (Å²) in [4.78, 5) is 20.4. The molecule has 2 aromatic rings. The first-order valence-electron chi connectivity index (χ1n) is 7.72. The van der Waals surface area contributed by atoms with E-state index in [2.05, 4.69) is 20.6 Å². The Bertz CT molecular complexity index is 719. The molecule has 0 atom stereocenters. The molecule has 5 N–H and O–H groups in total. The zero-order valence-corrected chi connectivity index (χ0v) is 13.8. The second-order valence-electron chi connectivity index (χ2n) is 5.68. The normalized spacial score (nSPS) is 14.0. The fourth-order valence-electron chi connectivity index (χ4n) is 2.40. The summed E-state index contributed by atoms with van der Waals surface area (Å²) in [7, 11) is 0. The third kappa shape index (κ3) is 4.15. The Balaban J connectivity index is 1.68. The van der Waals surface area contributed by atoms with Crippen molar-refractivity contribution in [2.45, 2.75) is 31.1 Å². The molecule has 24 heavy (non-hydrogen) atoms. The smallest absolute Gasteiger partial charge is 0.319 e. The van der Waals surface area contributed by atoms with Gasteiger partial charge in [-0.1, -0.05) is 0 Å². The fraction of sp³-hybridized carbons (Fsp3) is 0.312. The summed E-state index contributed by atoms with van der Waals surface area (Å²) in [6, 6.07) is 8.98. The highest BCUT2D eigenvalue weighted by atomic mass is 32.2. The number of benzene rings is 1. The third-order valence-electron chi connectivity index (χ3n) is 3.85. The van der Waals surface area contributed by atoms with Gasteiger partial charge in [-0.2, -0.15) is 0 Å².